The minimum absolute atomic E-state index is 0.0503. The molecule has 2 N–H and O–H groups in total. The van der Waals surface area contributed by atoms with Gasteiger partial charge in [-0.25, -0.2) is 18.7 Å². The zero-order chi connectivity index (χ0) is 25.8. The first kappa shape index (κ1) is 23.9. The number of hydrogen-bond donors (Lipinski definition) is 1. The molecule has 2 aliphatic rings. The molecule has 0 aliphatic carbocycles. The molecule has 2 fully saturated rings. The second kappa shape index (κ2) is 8.68. The van der Waals surface area contributed by atoms with E-state index in [2.05, 4.69) is 15.1 Å². The molecule has 9 nitrogen and oxygen atoms in total. The lowest BCUT2D eigenvalue weighted by atomic mass is 9.93. The molecule has 3 aromatic rings. The topological polar surface area (TPSA) is 110 Å². The van der Waals surface area contributed by atoms with Crippen molar-refractivity contribution in [2.45, 2.75) is 37.5 Å². The number of rotatable bonds is 4. The fraction of sp³-hybridized carbons (Fsp3) is 0.409. The van der Waals surface area contributed by atoms with Crippen LogP contribution in [0, 0.1) is 11.6 Å². The monoisotopic (exact) mass is 509 g/mol. The molecule has 5 rings (SSSR count). The summed E-state index contributed by atoms with van der Waals surface area (Å²) >= 11 is 0. The first-order valence-corrected chi connectivity index (χ1v) is 11.1. The van der Waals surface area contributed by atoms with Gasteiger partial charge >= 0.3 is 6.18 Å². The molecular formula is C22H20F5N7O2. The Kier molecular flexibility index (Phi) is 5.75. The molecule has 4 heterocycles. The Labute approximate surface area is 200 Å². The molecule has 2 aliphatic heterocycles. The second-order valence-electron chi connectivity index (χ2n) is 8.82. The van der Waals surface area contributed by atoms with Crippen LogP contribution in [0.5, 0.6) is 0 Å². The molecule has 2 saturated heterocycles. The summed E-state index contributed by atoms with van der Waals surface area (Å²) in [6.45, 7) is -0.247. The Morgan fingerprint density at radius 1 is 1.14 bits per heavy atom. The number of aromatic nitrogens is 4. The van der Waals surface area contributed by atoms with Crippen LogP contribution in [0.25, 0.3) is 10.9 Å². The number of halogens is 5. The van der Waals surface area contributed by atoms with Crippen LogP contribution in [0.15, 0.2) is 24.4 Å². The fourth-order valence-electron chi connectivity index (χ4n) is 4.71. The maximum absolute atomic E-state index is 14.1. The summed E-state index contributed by atoms with van der Waals surface area (Å²) < 4.78 is 69.2. The Bertz CT molecular complexity index is 1350. The zero-order valence-electron chi connectivity index (χ0n) is 18.7. The molecule has 2 aromatic heterocycles. The van der Waals surface area contributed by atoms with Gasteiger partial charge in [-0.15, -0.1) is 0 Å². The van der Waals surface area contributed by atoms with Crippen molar-refractivity contribution in [2.24, 2.45) is 0 Å². The molecular weight excluding hydrogens is 489 g/mol. The molecule has 0 bridgehead atoms. The summed E-state index contributed by atoms with van der Waals surface area (Å²) in [5.74, 6) is -3.95. The van der Waals surface area contributed by atoms with E-state index in [0.29, 0.717) is 5.69 Å². The van der Waals surface area contributed by atoms with E-state index in [0.717, 1.165) is 21.7 Å². The van der Waals surface area contributed by atoms with Crippen molar-refractivity contribution < 1.29 is 31.5 Å². The molecule has 2 amide bonds. The van der Waals surface area contributed by atoms with Crippen LogP contribution in [-0.4, -0.2) is 73.2 Å². The van der Waals surface area contributed by atoms with Gasteiger partial charge in [0.15, 0.2) is 11.6 Å². The van der Waals surface area contributed by atoms with Crippen molar-refractivity contribution in [3.8, 4) is 0 Å². The highest BCUT2D eigenvalue weighted by molar-refractivity contribution is 5.93. The van der Waals surface area contributed by atoms with Crippen LogP contribution in [0.3, 0.4) is 0 Å². The number of alkyl halides is 3. The lowest BCUT2D eigenvalue weighted by Gasteiger charge is -2.38. The summed E-state index contributed by atoms with van der Waals surface area (Å²) in [5.41, 5.74) is 6.01. The molecule has 36 heavy (non-hydrogen) atoms. The van der Waals surface area contributed by atoms with Gasteiger partial charge in [-0.3, -0.25) is 14.3 Å². The number of benzene rings is 1. The lowest BCUT2D eigenvalue weighted by Crippen LogP contribution is -2.49. The van der Waals surface area contributed by atoms with Gasteiger partial charge in [0.05, 0.1) is 11.2 Å². The van der Waals surface area contributed by atoms with Gasteiger partial charge in [-0.05, 0) is 25.0 Å². The van der Waals surface area contributed by atoms with E-state index in [9.17, 15) is 31.5 Å². The normalized spacial score (nSPS) is 18.6. The molecule has 190 valence electrons. The number of carbonyl (C=O) groups is 2. The first-order valence-electron chi connectivity index (χ1n) is 11.1. The van der Waals surface area contributed by atoms with Crippen LogP contribution in [0.1, 0.15) is 34.9 Å². The number of anilines is 1. The van der Waals surface area contributed by atoms with Crippen LogP contribution in [0.4, 0.5) is 27.9 Å². The van der Waals surface area contributed by atoms with Crippen molar-refractivity contribution in [1.29, 1.82) is 0 Å². The van der Waals surface area contributed by atoms with E-state index < -0.39 is 42.2 Å². The van der Waals surface area contributed by atoms with Crippen molar-refractivity contribution in [2.75, 3.05) is 25.4 Å². The SMILES string of the molecule is Nc1nccc(C(=O)N2CC(c3nn(CC(=O)N4CCC[C@H]4C(F)(F)F)c4cc(F)c(F)cc34)C2)n1. The third-order valence-electron chi connectivity index (χ3n) is 6.51. The highest BCUT2D eigenvalue weighted by atomic mass is 19.4. The minimum Gasteiger partial charge on any atom is -0.368 e. The van der Waals surface area contributed by atoms with Crippen LogP contribution in [0.2, 0.25) is 0 Å². The number of nitrogens with zero attached hydrogens (tertiary/aromatic N) is 6. The summed E-state index contributed by atoms with van der Waals surface area (Å²) in [6, 6.07) is 1.33. The zero-order valence-corrected chi connectivity index (χ0v) is 18.7. The number of nitrogen functional groups attached to an aromatic ring is 1. The summed E-state index contributed by atoms with van der Waals surface area (Å²) in [5, 5.41) is 4.56. The van der Waals surface area contributed by atoms with Crippen LogP contribution < -0.4 is 5.73 Å². The highest BCUT2D eigenvalue weighted by Gasteiger charge is 2.47. The maximum Gasteiger partial charge on any atom is 0.408 e. The van der Waals surface area contributed by atoms with Gasteiger partial charge in [0.2, 0.25) is 11.9 Å². The van der Waals surface area contributed by atoms with Crippen LogP contribution >= 0.6 is 0 Å². The predicted molar refractivity (Wildman–Crippen MR) is 116 cm³/mol. The highest BCUT2D eigenvalue weighted by Crippen LogP contribution is 2.35. The Morgan fingerprint density at radius 2 is 1.86 bits per heavy atom. The Morgan fingerprint density at radius 3 is 2.56 bits per heavy atom. The fourth-order valence-corrected chi connectivity index (χ4v) is 4.71. The van der Waals surface area contributed by atoms with Crippen molar-refractivity contribution in [1.82, 2.24) is 29.5 Å². The minimum atomic E-state index is -4.56. The van der Waals surface area contributed by atoms with Crippen LogP contribution in [-0.2, 0) is 11.3 Å². The van der Waals surface area contributed by atoms with E-state index in [1.54, 1.807) is 0 Å². The molecule has 0 unspecified atom stereocenters. The number of carbonyl (C=O) groups excluding carboxylic acids is 2. The van der Waals surface area contributed by atoms with Gasteiger partial charge in [-0.1, -0.05) is 0 Å². The van der Waals surface area contributed by atoms with Crippen molar-refractivity contribution >= 4 is 28.7 Å². The number of nitrogens with two attached hydrogens (primary N) is 1. The van der Waals surface area contributed by atoms with Gasteiger partial charge < -0.3 is 15.5 Å². The summed E-state index contributed by atoms with van der Waals surface area (Å²) in [6.07, 6.45) is -3.19. The largest absolute Gasteiger partial charge is 0.408 e. The van der Waals surface area contributed by atoms with Crippen molar-refractivity contribution in [3.05, 3.63) is 47.4 Å². The average molecular weight is 509 g/mol. The number of amides is 2. The van der Waals surface area contributed by atoms with E-state index in [1.807, 2.05) is 0 Å². The van der Waals surface area contributed by atoms with Gasteiger partial charge in [0, 0.05) is 43.2 Å². The molecule has 1 atom stereocenters. The van der Waals surface area contributed by atoms with Crippen molar-refractivity contribution in [3.63, 3.8) is 0 Å². The molecule has 14 heteroatoms. The lowest BCUT2D eigenvalue weighted by molar-refractivity contribution is -0.183. The third kappa shape index (κ3) is 4.20. The van der Waals surface area contributed by atoms with E-state index >= 15 is 0 Å². The van der Waals surface area contributed by atoms with E-state index in [-0.39, 0.29) is 60.9 Å². The maximum atomic E-state index is 14.1. The van der Waals surface area contributed by atoms with Gasteiger partial charge in [0.1, 0.15) is 18.3 Å². The molecule has 0 spiro atoms. The van der Waals surface area contributed by atoms with E-state index in [4.69, 9.17) is 5.73 Å². The van der Waals surface area contributed by atoms with E-state index in [1.165, 1.54) is 17.2 Å². The third-order valence-corrected chi connectivity index (χ3v) is 6.51. The first-order chi connectivity index (χ1) is 17.0. The standard InChI is InChI=1S/C22H20F5N7O2/c23-13-6-12-16(7-14(13)24)34(10-18(35)33-5-1-2-17(33)22(25,26)27)31-19(12)11-8-32(9-11)20(36)15-3-4-29-21(28)30-15/h3-4,6-7,11,17H,1-2,5,8-10H2,(H2,28,29,30)/t17-/m0/s1. The summed E-state index contributed by atoms with van der Waals surface area (Å²) in [7, 11) is 0. The Balaban J connectivity index is 1.40. The number of hydrogen-bond acceptors (Lipinski definition) is 6. The quantitative estimate of drug-likeness (QED) is 0.542. The van der Waals surface area contributed by atoms with Gasteiger partial charge in [-0.2, -0.15) is 18.3 Å². The summed E-state index contributed by atoms with van der Waals surface area (Å²) in [4.78, 5) is 35.2. The van der Waals surface area contributed by atoms with Gasteiger partial charge in [0.25, 0.3) is 5.91 Å². The molecule has 0 radical (unpaired) electrons. The Hall–Kier alpha value is -3.84. The second-order valence-corrected chi connectivity index (χ2v) is 8.82. The molecule has 1 aromatic carbocycles. The average Bonchev–Trinajstić information content (AvgIpc) is 3.40. The number of likely N-dealkylation sites (tertiary alicyclic amines) is 2. The number of fused-ring (bicyclic) bond motifs is 1. The molecule has 0 saturated carbocycles. The smallest absolute Gasteiger partial charge is 0.368 e. The predicted octanol–water partition coefficient (Wildman–Crippen LogP) is 2.48.